The van der Waals surface area contributed by atoms with Crippen molar-refractivity contribution in [2.45, 2.75) is 70.9 Å². The summed E-state index contributed by atoms with van der Waals surface area (Å²) in [6.45, 7) is 6.44. The molecule has 1 aliphatic carbocycles. The molecule has 1 heterocycles. The van der Waals surface area contributed by atoms with Gasteiger partial charge in [-0.3, -0.25) is 9.79 Å². The fourth-order valence-corrected chi connectivity index (χ4v) is 4.56. The number of benzene rings is 1. The Labute approximate surface area is 181 Å². The SMILES string of the molecule is CCCN1CCC(NC(=NC)NCc2cccc(NC(=O)C3CCCCC3)c2)CC1. The van der Waals surface area contributed by atoms with Crippen LogP contribution in [-0.2, 0) is 11.3 Å². The lowest BCUT2D eigenvalue weighted by molar-refractivity contribution is -0.120. The lowest BCUT2D eigenvalue weighted by atomic mass is 9.88. The van der Waals surface area contributed by atoms with Crippen molar-refractivity contribution in [3.05, 3.63) is 29.8 Å². The molecule has 1 aromatic carbocycles. The van der Waals surface area contributed by atoms with Gasteiger partial charge >= 0.3 is 0 Å². The number of aliphatic imine (C=N–C) groups is 1. The highest BCUT2D eigenvalue weighted by atomic mass is 16.1. The van der Waals surface area contributed by atoms with Crippen molar-refractivity contribution in [3.8, 4) is 0 Å². The topological polar surface area (TPSA) is 68.8 Å². The number of nitrogens with zero attached hydrogens (tertiary/aromatic N) is 2. The average Bonchev–Trinajstić information content (AvgIpc) is 2.79. The van der Waals surface area contributed by atoms with Crippen LogP contribution in [0, 0.1) is 5.92 Å². The first-order valence-electron chi connectivity index (χ1n) is 11.8. The summed E-state index contributed by atoms with van der Waals surface area (Å²) in [5.41, 5.74) is 2.02. The molecule has 0 bridgehead atoms. The van der Waals surface area contributed by atoms with E-state index in [9.17, 15) is 4.79 Å². The van der Waals surface area contributed by atoms with Gasteiger partial charge in [0.25, 0.3) is 0 Å². The number of guanidine groups is 1. The van der Waals surface area contributed by atoms with Crippen molar-refractivity contribution in [2.24, 2.45) is 10.9 Å². The quantitative estimate of drug-likeness (QED) is 0.470. The maximum absolute atomic E-state index is 12.5. The van der Waals surface area contributed by atoms with Crippen LogP contribution in [-0.4, -0.2) is 49.5 Å². The van der Waals surface area contributed by atoms with E-state index in [0.29, 0.717) is 12.6 Å². The Morgan fingerprint density at radius 3 is 2.60 bits per heavy atom. The smallest absolute Gasteiger partial charge is 0.227 e. The van der Waals surface area contributed by atoms with Gasteiger partial charge in [0.1, 0.15) is 0 Å². The van der Waals surface area contributed by atoms with Crippen LogP contribution in [0.15, 0.2) is 29.3 Å². The molecule has 3 N–H and O–H groups in total. The number of hydrogen-bond acceptors (Lipinski definition) is 3. The fourth-order valence-electron chi connectivity index (χ4n) is 4.56. The van der Waals surface area contributed by atoms with Gasteiger partial charge < -0.3 is 20.9 Å². The zero-order valence-corrected chi connectivity index (χ0v) is 18.8. The Morgan fingerprint density at radius 1 is 1.13 bits per heavy atom. The van der Waals surface area contributed by atoms with E-state index in [1.54, 1.807) is 0 Å². The third kappa shape index (κ3) is 7.01. The first-order chi connectivity index (χ1) is 14.7. The van der Waals surface area contributed by atoms with Gasteiger partial charge in [0.05, 0.1) is 0 Å². The lowest BCUT2D eigenvalue weighted by Gasteiger charge is -2.32. The van der Waals surface area contributed by atoms with Crippen molar-refractivity contribution >= 4 is 17.6 Å². The Bertz CT molecular complexity index is 691. The van der Waals surface area contributed by atoms with Crippen LogP contribution in [0.4, 0.5) is 5.69 Å². The largest absolute Gasteiger partial charge is 0.354 e. The van der Waals surface area contributed by atoms with Crippen LogP contribution in [0.5, 0.6) is 0 Å². The molecule has 1 aliphatic heterocycles. The summed E-state index contributed by atoms with van der Waals surface area (Å²) in [6, 6.07) is 8.60. The summed E-state index contributed by atoms with van der Waals surface area (Å²) >= 11 is 0. The van der Waals surface area contributed by atoms with Crippen molar-refractivity contribution < 1.29 is 4.79 Å². The van der Waals surface area contributed by atoms with Crippen LogP contribution in [0.3, 0.4) is 0 Å². The van der Waals surface area contributed by atoms with Crippen LogP contribution >= 0.6 is 0 Å². The molecule has 30 heavy (non-hydrogen) atoms. The van der Waals surface area contributed by atoms with Crippen LogP contribution in [0.25, 0.3) is 0 Å². The zero-order chi connectivity index (χ0) is 21.2. The third-order valence-electron chi connectivity index (χ3n) is 6.32. The lowest BCUT2D eigenvalue weighted by Crippen LogP contribution is -2.48. The Hall–Kier alpha value is -2.08. The second kappa shape index (κ2) is 11.9. The molecule has 1 saturated heterocycles. The molecule has 1 aromatic rings. The van der Waals surface area contributed by atoms with Crippen molar-refractivity contribution in [3.63, 3.8) is 0 Å². The van der Waals surface area contributed by atoms with Gasteiger partial charge in [0.2, 0.25) is 5.91 Å². The van der Waals surface area contributed by atoms with Crippen LogP contribution < -0.4 is 16.0 Å². The summed E-state index contributed by atoms with van der Waals surface area (Å²) in [7, 11) is 1.82. The van der Waals surface area contributed by atoms with E-state index in [4.69, 9.17) is 0 Å². The molecule has 3 rings (SSSR count). The molecule has 2 aliphatic rings. The van der Waals surface area contributed by atoms with Gasteiger partial charge in [0, 0.05) is 44.3 Å². The molecular formula is C24H39N5O. The maximum atomic E-state index is 12.5. The molecule has 6 nitrogen and oxygen atoms in total. The standard InChI is InChI=1S/C24H39N5O/c1-3-14-29-15-12-21(13-16-29)28-24(25-2)26-18-19-8-7-11-22(17-19)27-23(30)20-9-5-4-6-10-20/h7-8,11,17,20-21H,3-6,9-10,12-16,18H2,1-2H3,(H,27,30)(H2,25,26,28). The minimum absolute atomic E-state index is 0.173. The van der Waals surface area contributed by atoms with Gasteiger partial charge in [0.15, 0.2) is 5.96 Å². The summed E-state index contributed by atoms with van der Waals surface area (Å²) in [5.74, 6) is 1.19. The maximum Gasteiger partial charge on any atom is 0.227 e. The minimum atomic E-state index is 0.173. The minimum Gasteiger partial charge on any atom is -0.354 e. The molecule has 166 valence electrons. The van der Waals surface area contributed by atoms with Crippen molar-refractivity contribution in [1.29, 1.82) is 0 Å². The Kier molecular flexibility index (Phi) is 9.00. The molecule has 0 atom stereocenters. The first-order valence-corrected chi connectivity index (χ1v) is 11.8. The van der Waals surface area contributed by atoms with E-state index >= 15 is 0 Å². The van der Waals surface area contributed by atoms with Crippen LogP contribution in [0.1, 0.15) is 63.9 Å². The van der Waals surface area contributed by atoms with Gasteiger partial charge in [-0.25, -0.2) is 0 Å². The van der Waals surface area contributed by atoms with Gasteiger partial charge in [-0.1, -0.05) is 38.3 Å². The average molecular weight is 414 g/mol. The van der Waals surface area contributed by atoms with Gasteiger partial charge in [-0.15, -0.1) is 0 Å². The highest BCUT2D eigenvalue weighted by Gasteiger charge is 2.21. The number of hydrogen-bond donors (Lipinski definition) is 3. The number of carbonyl (C=O) groups is 1. The van der Waals surface area contributed by atoms with Gasteiger partial charge in [-0.2, -0.15) is 0 Å². The number of piperidine rings is 1. The first kappa shape index (κ1) is 22.6. The van der Waals surface area contributed by atoms with E-state index in [1.807, 2.05) is 19.2 Å². The summed E-state index contributed by atoms with van der Waals surface area (Å²) in [4.78, 5) is 19.5. The van der Waals surface area contributed by atoms with Gasteiger partial charge in [-0.05, 0) is 56.3 Å². The second-order valence-corrected chi connectivity index (χ2v) is 8.71. The normalized spacial score (nSPS) is 19.5. The molecule has 0 aromatic heterocycles. The number of carbonyl (C=O) groups excluding carboxylic acids is 1. The van der Waals surface area contributed by atoms with E-state index in [0.717, 1.165) is 56.0 Å². The molecule has 0 radical (unpaired) electrons. The Morgan fingerprint density at radius 2 is 1.90 bits per heavy atom. The van der Waals surface area contributed by atoms with E-state index in [2.05, 4.69) is 44.9 Å². The Balaban J connectivity index is 1.45. The van der Waals surface area contributed by atoms with E-state index in [1.165, 1.54) is 32.2 Å². The van der Waals surface area contributed by atoms with Crippen molar-refractivity contribution in [1.82, 2.24) is 15.5 Å². The third-order valence-corrected chi connectivity index (χ3v) is 6.32. The number of rotatable bonds is 7. The molecule has 6 heteroatoms. The molecule has 2 fully saturated rings. The number of likely N-dealkylation sites (tertiary alicyclic amines) is 1. The molecule has 1 saturated carbocycles. The predicted octanol–water partition coefficient (Wildman–Crippen LogP) is 3.74. The number of anilines is 1. The molecule has 0 spiro atoms. The molecule has 1 amide bonds. The summed E-state index contributed by atoms with van der Waals surface area (Å²) in [5, 5.41) is 10.1. The molecule has 0 unspecified atom stereocenters. The predicted molar refractivity (Wildman–Crippen MR) is 125 cm³/mol. The number of nitrogens with one attached hydrogen (secondary N) is 3. The zero-order valence-electron chi connectivity index (χ0n) is 18.8. The monoisotopic (exact) mass is 413 g/mol. The highest BCUT2D eigenvalue weighted by molar-refractivity contribution is 5.92. The highest BCUT2D eigenvalue weighted by Crippen LogP contribution is 2.25. The fraction of sp³-hybridized carbons (Fsp3) is 0.667. The van der Waals surface area contributed by atoms with E-state index in [-0.39, 0.29) is 11.8 Å². The number of amides is 1. The molecular weight excluding hydrogens is 374 g/mol. The van der Waals surface area contributed by atoms with E-state index < -0.39 is 0 Å². The summed E-state index contributed by atoms with van der Waals surface area (Å²) < 4.78 is 0. The van der Waals surface area contributed by atoms with Crippen LogP contribution in [0.2, 0.25) is 0 Å². The van der Waals surface area contributed by atoms with Crippen molar-refractivity contribution in [2.75, 3.05) is 32.0 Å². The summed E-state index contributed by atoms with van der Waals surface area (Å²) in [6.07, 6.45) is 9.18. The second-order valence-electron chi connectivity index (χ2n) is 8.71.